The normalized spacial score (nSPS) is 17.3. The molecule has 0 bridgehead atoms. The summed E-state index contributed by atoms with van der Waals surface area (Å²) in [5.41, 5.74) is 3.93. The molecule has 4 heterocycles. The summed E-state index contributed by atoms with van der Waals surface area (Å²) in [6, 6.07) is 9.09. The van der Waals surface area contributed by atoms with Gasteiger partial charge in [0.1, 0.15) is 11.6 Å². The Balaban J connectivity index is 1.46. The first-order valence-corrected chi connectivity index (χ1v) is 11.9. The van der Waals surface area contributed by atoms with E-state index in [4.69, 9.17) is 14.7 Å². The van der Waals surface area contributed by atoms with Crippen molar-refractivity contribution in [2.45, 2.75) is 46.2 Å². The van der Waals surface area contributed by atoms with E-state index in [9.17, 15) is 4.39 Å². The fourth-order valence-corrected chi connectivity index (χ4v) is 4.68. The predicted molar refractivity (Wildman–Crippen MR) is 127 cm³/mol. The van der Waals surface area contributed by atoms with Crippen molar-refractivity contribution in [3.8, 4) is 11.6 Å². The Hall–Kier alpha value is -2.93. The highest BCUT2D eigenvalue weighted by Crippen LogP contribution is 2.33. The number of nitrogens with zero attached hydrogens (tertiary/aromatic N) is 5. The lowest BCUT2D eigenvalue weighted by Crippen LogP contribution is -2.36. The molecule has 2 aliphatic rings. The van der Waals surface area contributed by atoms with Crippen molar-refractivity contribution in [1.29, 1.82) is 0 Å². The Labute approximate surface area is 195 Å². The minimum absolute atomic E-state index is 0.232. The molecule has 0 saturated carbocycles. The highest BCUT2D eigenvalue weighted by molar-refractivity contribution is 5.44. The Morgan fingerprint density at radius 3 is 2.67 bits per heavy atom. The first kappa shape index (κ1) is 21.9. The summed E-state index contributed by atoms with van der Waals surface area (Å²) in [6.45, 7) is 8.53. The van der Waals surface area contributed by atoms with Crippen LogP contribution in [-0.2, 0) is 26.6 Å². The maximum atomic E-state index is 13.8. The molecule has 0 atom stereocenters. The number of hydrogen-bond donors (Lipinski definition) is 0. The summed E-state index contributed by atoms with van der Waals surface area (Å²) in [7, 11) is 2.08. The second-order valence-electron chi connectivity index (χ2n) is 9.51. The van der Waals surface area contributed by atoms with Gasteiger partial charge < -0.3 is 14.2 Å². The number of fused-ring (bicyclic) bond motifs is 1. The summed E-state index contributed by atoms with van der Waals surface area (Å²) in [5.74, 6) is 2.46. The molecule has 2 aromatic heterocycles. The number of rotatable bonds is 5. The Kier molecular flexibility index (Phi) is 6.06. The standard InChI is InChI=1S/C26H32FN5O/c1-18-8-13-32(14-9-18)26-28-24-10-12-31(16-20-5-4-11-30(20)3)17-22(24)25(29-26)33-21-6-7-23(27)19(2)15-21/h4-7,11,15,18H,8-10,12-14,16-17H2,1-3H3. The molecule has 0 radical (unpaired) electrons. The maximum absolute atomic E-state index is 13.8. The minimum atomic E-state index is -0.232. The van der Waals surface area contributed by atoms with Crippen LogP contribution in [0.4, 0.5) is 10.3 Å². The molecular formula is C26H32FN5O. The number of halogens is 1. The molecule has 0 spiro atoms. The van der Waals surface area contributed by atoms with Crippen LogP contribution in [0.5, 0.6) is 11.6 Å². The van der Waals surface area contributed by atoms with Gasteiger partial charge in [0.25, 0.3) is 0 Å². The molecule has 33 heavy (non-hydrogen) atoms. The quantitative estimate of drug-likeness (QED) is 0.557. The van der Waals surface area contributed by atoms with Crippen LogP contribution in [0, 0.1) is 18.7 Å². The molecule has 1 aromatic carbocycles. The molecule has 5 rings (SSSR count). The third-order valence-electron chi connectivity index (χ3n) is 6.94. The lowest BCUT2D eigenvalue weighted by atomic mass is 9.99. The monoisotopic (exact) mass is 449 g/mol. The van der Waals surface area contributed by atoms with Crippen molar-refractivity contribution in [3.63, 3.8) is 0 Å². The molecular weight excluding hydrogens is 417 g/mol. The summed E-state index contributed by atoms with van der Waals surface area (Å²) in [6.07, 6.45) is 5.24. The molecule has 174 valence electrons. The lowest BCUT2D eigenvalue weighted by molar-refractivity contribution is 0.233. The van der Waals surface area contributed by atoms with E-state index in [1.165, 1.54) is 11.8 Å². The van der Waals surface area contributed by atoms with E-state index in [0.717, 1.165) is 75.1 Å². The number of aromatic nitrogens is 3. The van der Waals surface area contributed by atoms with Gasteiger partial charge in [-0.1, -0.05) is 6.92 Å². The van der Waals surface area contributed by atoms with E-state index in [1.54, 1.807) is 19.1 Å². The van der Waals surface area contributed by atoms with Crippen molar-refractivity contribution in [2.75, 3.05) is 24.5 Å². The first-order chi connectivity index (χ1) is 16.0. The third kappa shape index (κ3) is 4.74. The molecule has 6 nitrogen and oxygen atoms in total. The van der Waals surface area contributed by atoms with E-state index >= 15 is 0 Å². The molecule has 0 unspecified atom stereocenters. The van der Waals surface area contributed by atoms with Gasteiger partial charge in [0.05, 0.1) is 11.3 Å². The highest BCUT2D eigenvalue weighted by atomic mass is 19.1. The van der Waals surface area contributed by atoms with Crippen LogP contribution in [0.3, 0.4) is 0 Å². The average molecular weight is 450 g/mol. The van der Waals surface area contributed by atoms with Gasteiger partial charge in [-0.2, -0.15) is 4.98 Å². The third-order valence-corrected chi connectivity index (χ3v) is 6.94. The fraction of sp³-hybridized carbons (Fsp3) is 0.462. The molecule has 7 heteroatoms. The van der Waals surface area contributed by atoms with E-state index < -0.39 is 0 Å². The SMILES string of the molecule is Cc1cc(Oc2nc(N3CCC(C)CC3)nc3c2CN(Cc2cccn2C)CC3)ccc1F. The van der Waals surface area contributed by atoms with Crippen molar-refractivity contribution in [1.82, 2.24) is 19.4 Å². The zero-order valence-electron chi connectivity index (χ0n) is 19.7. The predicted octanol–water partition coefficient (Wildman–Crippen LogP) is 4.85. The van der Waals surface area contributed by atoms with Gasteiger partial charge in [-0.25, -0.2) is 9.37 Å². The lowest BCUT2D eigenvalue weighted by Gasteiger charge is -2.33. The maximum Gasteiger partial charge on any atom is 0.228 e. The van der Waals surface area contributed by atoms with Crippen LogP contribution in [0.1, 0.15) is 42.3 Å². The molecule has 0 amide bonds. The molecule has 1 fully saturated rings. The van der Waals surface area contributed by atoms with E-state index in [0.29, 0.717) is 17.2 Å². The number of hydrogen-bond acceptors (Lipinski definition) is 5. The van der Waals surface area contributed by atoms with Gasteiger partial charge in [-0.05, 0) is 61.6 Å². The fourth-order valence-electron chi connectivity index (χ4n) is 4.68. The minimum Gasteiger partial charge on any atom is -0.438 e. The number of anilines is 1. The van der Waals surface area contributed by atoms with Crippen LogP contribution in [0.15, 0.2) is 36.5 Å². The second-order valence-corrected chi connectivity index (χ2v) is 9.51. The van der Waals surface area contributed by atoms with Crippen molar-refractivity contribution in [3.05, 3.63) is 64.9 Å². The topological polar surface area (TPSA) is 46.4 Å². The van der Waals surface area contributed by atoms with E-state index in [2.05, 4.69) is 46.7 Å². The van der Waals surface area contributed by atoms with Crippen LogP contribution in [0.2, 0.25) is 0 Å². The molecule has 0 aliphatic carbocycles. The Morgan fingerprint density at radius 2 is 1.94 bits per heavy atom. The van der Waals surface area contributed by atoms with Gasteiger partial charge in [-0.15, -0.1) is 0 Å². The number of benzene rings is 1. The van der Waals surface area contributed by atoms with Gasteiger partial charge in [0.15, 0.2) is 0 Å². The summed E-state index contributed by atoms with van der Waals surface area (Å²) >= 11 is 0. The van der Waals surface area contributed by atoms with Gasteiger partial charge in [-0.3, -0.25) is 4.90 Å². The number of aryl methyl sites for hydroxylation is 2. The first-order valence-electron chi connectivity index (χ1n) is 11.9. The largest absolute Gasteiger partial charge is 0.438 e. The van der Waals surface area contributed by atoms with Crippen LogP contribution < -0.4 is 9.64 Å². The van der Waals surface area contributed by atoms with Crippen LogP contribution in [-0.4, -0.2) is 39.1 Å². The molecule has 3 aromatic rings. The Morgan fingerprint density at radius 1 is 1.12 bits per heavy atom. The van der Waals surface area contributed by atoms with E-state index in [1.807, 2.05) is 0 Å². The second kappa shape index (κ2) is 9.14. The molecule has 1 saturated heterocycles. The number of ether oxygens (including phenoxy) is 1. The smallest absolute Gasteiger partial charge is 0.228 e. The average Bonchev–Trinajstić information content (AvgIpc) is 3.21. The summed E-state index contributed by atoms with van der Waals surface area (Å²) < 4.78 is 22.3. The Bertz CT molecular complexity index is 1140. The van der Waals surface area contributed by atoms with Crippen LogP contribution in [0.25, 0.3) is 0 Å². The van der Waals surface area contributed by atoms with Gasteiger partial charge in [0.2, 0.25) is 11.8 Å². The highest BCUT2D eigenvalue weighted by Gasteiger charge is 2.27. The zero-order valence-corrected chi connectivity index (χ0v) is 19.7. The van der Waals surface area contributed by atoms with Gasteiger partial charge >= 0.3 is 0 Å². The summed E-state index contributed by atoms with van der Waals surface area (Å²) in [4.78, 5) is 14.6. The number of piperidine rings is 1. The molecule has 2 aliphatic heterocycles. The van der Waals surface area contributed by atoms with Crippen molar-refractivity contribution >= 4 is 5.95 Å². The van der Waals surface area contributed by atoms with Crippen molar-refractivity contribution in [2.24, 2.45) is 13.0 Å². The molecule has 0 N–H and O–H groups in total. The summed E-state index contributed by atoms with van der Waals surface area (Å²) in [5, 5.41) is 0. The van der Waals surface area contributed by atoms with E-state index in [-0.39, 0.29) is 5.82 Å². The van der Waals surface area contributed by atoms with Crippen molar-refractivity contribution < 1.29 is 9.13 Å². The zero-order chi connectivity index (χ0) is 22.9. The van der Waals surface area contributed by atoms with Gasteiger partial charge in [0, 0.05) is 58.1 Å². The van der Waals surface area contributed by atoms with Crippen LogP contribution >= 0.6 is 0 Å².